The molecule has 0 saturated heterocycles. The molecule has 0 unspecified atom stereocenters. The quantitative estimate of drug-likeness (QED) is 0.168. The van der Waals surface area contributed by atoms with Crippen molar-refractivity contribution in [2.75, 3.05) is 39.5 Å². The predicted molar refractivity (Wildman–Crippen MR) is 129 cm³/mol. The second-order valence-electron chi connectivity index (χ2n) is 9.02. The number of nitrogens with two attached hydrogens (primary N) is 1. The molecule has 5 nitrogen and oxygen atoms in total. The molecule has 0 aliphatic rings. The minimum absolute atomic E-state index is 0.0990. The second-order valence-corrected chi connectivity index (χ2v) is 9.02. The molecule has 0 atom stereocenters. The van der Waals surface area contributed by atoms with Gasteiger partial charge in [-0.1, -0.05) is 90.4 Å². The van der Waals surface area contributed by atoms with E-state index in [2.05, 4.69) is 11.8 Å². The van der Waals surface area contributed by atoms with Gasteiger partial charge in [0.25, 0.3) is 0 Å². The molecule has 0 aliphatic carbocycles. The lowest BCUT2D eigenvalue weighted by atomic mass is 9.83. The van der Waals surface area contributed by atoms with Crippen LogP contribution >= 0.6 is 0 Å². The molecule has 0 bridgehead atoms. The Morgan fingerprint density at radius 3 is 1.43 bits per heavy atom. The van der Waals surface area contributed by atoms with Crippen LogP contribution in [0.25, 0.3) is 0 Å². The molecule has 0 aromatic heterocycles. The van der Waals surface area contributed by atoms with E-state index in [1.165, 1.54) is 77.0 Å². The summed E-state index contributed by atoms with van der Waals surface area (Å²) in [5.41, 5.74) is 5.48. The molecule has 0 heterocycles. The first kappa shape index (κ1) is 29.8. The van der Waals surface area contributed by atoms with Crippen LogP contribution in [0.1, 0.15) is 116 Å². The first-order valence-corrected chi connectivity index (χ1v) is 13.0. The summed E-state index contributed by atoms with van der Waals surface area (Å²) < 4.78 is 0. The topological polar surface area (TPSA) is 90.0 Å². The normalized spacial score (nSPS) is 12.2. The SMILES string of the molecule is CCCCCCCCCCCCCCCC(CCO)(CCO)N(CCO)CCCN. The average Bonchev–Trinajstić information content (AvgIpc) is 2.74. The molecular formula is C25H54N2O3. The van der Waals surface area contributed by atoms with Gasteiger partial charge in [-0.2, -0.15) is 0 Å². The van der Waals surface area contributed by atoms with Gasteiger partial charge in [0, 0.05) is 25.3 Å². The largest absolute Gasteiger partial charge is 0.396 e. The Bertz CT molecular complexity index is 336. The molecule has 0 aliphatic heterocycles. The van der Waals surface area contributed by atoms with Gasteiger partial charge in [0.2, 0.25) is 0 Å². The molecule has 182 valence electrons. The van der Waals surface area contributed by atoms with Gasteiger partial charge in [0.15, 0.2) is 0 Å². The van der Waals surface area contributed by atoms with Crippen LogP contribution in [-0.2, 0) is 0 Å². The third-order valence-electron chi connectivity index (χ3n) is 6.57. The van der Waals surface area contributed by atoms with E-state index in [0.29, 0.717) is 25.9 Å². The third-order valence-corrected chi connectivity index (χ3v) is 6.57. The van der Waals surface area contributed by atoms with Gasteiger partial charge in [0.05, 0.1) is 6.61 Å². The summed E-state index contributed by atoms with van der Waals surface area (Å²) in [6, 6.07) is 0. The number of nitrogens with zero attached hydrogens (tertiary/aromatic N) is 1. The van der Waals surface area contributed by atoms with E-state index in [1.54, 1.807) is 0 Å². The lowest BCUT2D eigenvalue weighted by Gasteiger charge is -2.44. The Balaban J connectivity index is 4.15. The van der Waals surface area contributed by atoms with Crippen molar-refractivity contribution in [3.05, 3.63) is 0 Å². The molecule has 0 radical (unpaired) electrons. The van der Waals surface area contributed by atoms with Crippen molar-refractivity contribution in [3.63, 3.8) is 0 Å². The fourth-order valence-electron chi connectivity index (χ4n) is 4.73. The van der Waals surface area contributed by atoms with Crippen molar-refractivity contribution in [2.45, 2.75) is 122 Å². The Kier molecular flexibility index (Phi) is 21.9. The summed E-state index contributed by atoms with van der Waals surface area (Å²) in [6.45, 7) is 4.61. The Hall–Kier alpha value is -0.200. The summed E-state index contributed by atoms with van der Waals surface area (Å²) >= 11 is 0. The van der Waals surface area contributed by atoms with Crippen LogP contribution < -0.4 is 5.73 Å². The number of hydrogen-bond donors (Lipinski definition) is 4. The molecule has 30 heavy (non-hydrogen) atoms. The highest BCUT2D eigenvalue weighted by Gasteiger charge is 2.34. The van der Waals surface area contributed by atoms with Gasteiger partial charge in [-0.05, 0) is 38.8 Å². The second kappa shape index (κ2) is 22.0. The number of aliphatic hydroxyl groups is 3. The van der Waals surface area contributed by atoms with Crippen molar-refractivity contribution < 1.29 is 15.3 Å². The maximum atomic E-state index is 9.68. The zero-order valence-electron chi connectivity index (χ0n) is 20.1. The van der Waals surface area contributed by atoms with Crippen molar-refractivity contribution in [2.24, 2.45) is 5.73 Å². The number of β-amino-alcohol motifs (C(OH)–C–C–N with tert-alkyl or cyclic N) is 1. The first-order chi connectivity index (χ1) is 14.7. The molecule has 0 aromatic rings. The molecule has 5 N–H and O–H groups in total. The van der Waals surface area contributed by atoms with Crippen LogP contribution in [-0.4, -0.2) is 65.2 Å². The molecule has 0 aromatic carbocycles. The third kappa shape index (κ3) is 14.7. The fraction of sp³-hybridized carbons (Fsp3) is 1.00. The van der Waals surface area contributed by atoms with Crippen molar-refractivity contribution in [1.29, 1.82) is 0 Å². The number of aliphatic hydroxyl groups excluding tert-OH is 3. The van der Waals surface area contributed by atoms with E-state index in [1.807, 2.05) is 0 Å². The lowest BCUT2D eigenvalue weighted by Crippen LogP contribution is -2.52. The molecule has 0 rings (SSSR count). The molecule has 5 heteroatoms. The highest BCUT2D eigenvalue weighted by molar-refractivity contribution is 4.90. The van der Waals surface area contributed by atoms with Gasteiger partial charge in [-0.25, -0.2) is 0 Å². The standard InChI is InChI=1S/C25H54N2O3/c1-2-3-4-5-6-7-8-9-10-11-12-13-14-16-25(17-22-28,18-23-29)27(21-24-30)20-15-19-26/h28-30H,2-24,26H2,1H3. The van der Waals surface area contributed by atoms with Crippen molar-refractivity contribution in [1.82, 2.24) is 4.90 Å². The van der Waals surface area contributed by atoms with E-state index in [4.69, 9.17) is 5.73 Å². The lowest BCUT2D eigenvalue weighted by molar-refractivity contribution is 0.0162. The highest BCUT2D eigenvalue weighted by Crippen LogP contribution is 2.31. The summed E-state index contributed by atoms with van der Waals surface area (Å²) in [5.74, 6) is 0. The monoisotopic (exact) mass is 430 g/mol. The van der Waals surface area contributed by atoms with Gasteiger partial charge in [0.1, 0.15) is 0 Å². The predicted octanol–water partition coefficient (Wildman–Crippen LogP) is 4.61. The fourth-order valence-corrected chi connectivity index (χ4v) is 4.73. The van der Waals surface area contributed by atoms with Crippen molar-refractivity contribution >= 4 is 0 Å². The van der Waals surface area contributed by atoms with Gasteiger partial charge < -0.3 is 21.1 Å². The van der Waals surface area contributed by atoms with Crippen molar-refractivity contribution in [3.8, 4) is 0 Å². The molecule has 0 spiro atoms. The van der Waals surface area contributed by atoms with E-state index >= 15 is 0 Å². The number of rotatable bonds is 24. The van der Waals surface area contributed by atoms with Crippen LogP contribution in [0.3, 0.4) is 0 Å². The summed E-state index contributed by atoms with van der Waals surface area (Å²) in [5, 5.41) is 28.9. The Morgan fingerprint density at radius 2 is 1.03 bits per heavy atom. The maximum absolute atomic E-state index is 9.68. The summed E-state index contributed by atoms with van der Waals surface area (Å²) in [7, 11) is 0. The molecule has 0 amide bonds. The van der Waals surface area contributed by atoms with Gasteiger partial charge in [-0.3, -0.25) is 4.90 Å². The Morgan fingerprint density at radius 1 is 0.567 bits per heavy atom. The van der Waals surface area contributed by atoms with Crippen LogP contribution in [0.2, 0.25) is 0 Å². The van der Waals surface area contributed by atoms with Crippen LogP contribution in [0.5, 0.6) is 0 Å². The maximum Gasteiger partial charge on any atom is 0.0558 e. The van der Waals surface area contributed by atoms with E-state index in [9.17, 15) is 15.3 Å². The van der Waals surface area contributed by atoms with Crippen LogP contribution in [0.4, 0.5) is 0 Å². The minimum Gasteiger partial charge on any atom is -0.396 e. The Labute approximate surface area is 187 Å². The molecule has 0 saturated carbocycles. The zero-order chi connectivity index (χ0) is 22.3. The number of hydrogen-bond acceptors (Lipinski definition) is 5. The number of unbranched alkanes of at least 4 members (excludes halogenated alkanes) is 12. The molecular weight excluding hydrogens is 376 g/mol. The van der Waals surface area contributed by atoms with E-state index in [-0.39, 0.29) is 25.4 Å². The summed E-state index contributed by atoms with van der Waals surface area (Å²) in [4.78, 5) is 2.27. The first-order valence-electron chi connectivity index (χ1n) is 13.0. The molecule has 0 fully saturated rings. The summed E-state index contributed by atoms with van der Waals surface area (Å²) in [6.07, 6.45) is 20.5. The van der Waals surface area contributed by atoms with Crippen LogP contribution in [0, 0.1) is 0 Å². The zero-order valence-corrected chi connectivity index (χ0v) is 20.1. The van der Waals surface area contributed by atoms with E-state index in [0.717, 1.165) is 25.8 Å². The van der Waals surface area contributed by atoms with Gasteiger partial charge >= 0.3 is 0 Å². The average molecular weight is 431 g/mol. The highest BCUT2D eigenvalue weighted by atomic mass is 16.3. The van der Waals surface area contributed by atoms with E-state index < -0.39 is 0 Å². The smallest absolute Gasteiger partial charge is 0.0558 e. The van der Waals surface area contributed by atoms with Crippen LogP contribution in [0.15, 0.2) is 0 Å². The van der Waals surface area contributed by atoms with Gasteiger partial charge in [-0.15, -0.1) is 0 Å². The minimum atomic E-state index is -0.223.